The van der Waals surface area contributed by atoms with Crippen molar-refractivity contribution in [3.63, 3.8) is 0 Å². The molecule has 3 nitrogen and oxygen atoms in total. The number of nitrogens with one attached hydrogen (secondary N) is 2. The summed E-state index contributed by atoms with van der Waals surface area (Å²) < 4.78 is 0. The average Bonchev–Trinajstić information content (AvgIpc) is 2.49. The molecule has 3 rings (SSSR count). The fourth-order valence-electron chi connectivity index (χ4n) is 3.89. The van der Waals surface area contributed by atoms with Crippen molar-refractivity contribution >= 4 is 5.91 Å². The van der Waals surface area contributed by atoms with E-state index < -0.39 is 0 Å². The van der Waals surface area contributed by atoms with Crippen molar-refractivity contribution in [3.05, 3.63) is 35.4 Å². The predicted octanol–water partition coefficient (Wildman–Crippen LogP) is 2.81. The molecular weight excluding hydrogens is 260 g/mol. The second-order valence-corrected chi connectivity index (χ2v) is 6.89. The van der Waals surface area contributed by atoms with E-state index in [0.717, 1.165) is 25.4 Å². The SMILES string of the molecule is CC1CCC(NC(=O)C2CNCc3ccccc32)C(C)C1. The highest BCUT2D eigenvalue weighted by atomic mass is 16.2. The van der Waals surface area contributed by atoms with Gasteiger partial charge < -0.3 is 10.6 Å². The number of carbonyl (C=O) groups is 1. The fourth-order valence-corrected chi connectivity index (χ4v) is 3.89. The van der Waals surface area contributed by atoms with Crippen molar-refractivity contribution in [1.29, 1.82) is 0 Å². The van der Waals surface area contributed by atoms with Gasteiger partial charge in [0.2, 0.25) is 5.91 Å². The Morgan fingerprint density at radius 3 is 2.86 bits per heavy atom. The zero-order valence-corrected chi connectivity index (χ0v) is 13.1. The highest BCUT2D eigenvalue weighted by molar-refractivity contribution is 5.85. The zero-order chi connectivity index (χ0) is 14.8. The molecule has 0 spiro atoms. The van der Waals surface area contributed by atoms with Crippen LogP contribution in [0.25, 0.3) is 0 Å². The summed E-state index contributed by atoms with van der Waals surface area (Å²) in [5.74, 6) is 1.54. The van der Waals surface area contributed by atoms with Gasteiger partial charge in [-0.05, 0) is 42.2 Å². The van der Waals surface area contributed by atoms with Crippen molar-refractivity contribution in [2.24, 2.45) is 11.8 Å². The lowest BCUT2D eigenvalue weighted by Crippen LogP contribution is -2.47. The number of rotatable bonds is 2. The zero-order valence-electron chi connectivity index (χ0n) is 13.1. The second kappa shape index (κ2) is 6.18. The van der Waals surface area contributed by atoms with Crippen LogP contribution >= 0.6 is 0 Å². The van der Waals surface area contributed by atoms with Gasteiger partial charge in [-0.3, -0.25) is 4.79 Å². The summed E-state index contributed by atoms with van der Waals surface area (Å²) in [6.45, 7) is 6.21. The van der Waals surface area contributed by atoms with Gasteiger partial charge in [-0.2, -0.15) is 0 Å². The van der Waals surface area contributed by atoms with Crippen LogP contribution in [0.2, 0.25) is 0 Å². The maximum absolute atomic E-state index is 12.7. The molecule has 1 heterocycles. The Balaban J connectivity index is 1.69. The van der Waals surface area contributed by atoms with E-state index >= 15 is 0 Å². The van der Waals surface area contributed by atoms with Crippen LogP contribution in [0, 0.1) is 11.8 Å². The standard InChI is InChI=1S/C18H26N2O/c1-12-7-8-17(13(2)9-12)20-18(21)16-11-19-10-14-5-3-4-6-15(14)16/h3-6,12-13,16-17,19H,7-11H2,1-2H3,(H,20,21). The van der Waals surface area contributed by atoms with Gasteiger partial charge >= 0.3 is 0 Å². The summed E-state index contributed by atoms with van der Waals surface area (Å²) in [4.78, 5) is 12.7. The van der Waals surface area contributed by atoms with Crippen LogP contribution in [-0.2, 0) is 11.3 Å². The number of hydrogen-bond acceptors (Lipinski definition) is 2. The molecule has 4 atom stereocenters. The van der Waals surface area contributed by atoms with Gasteiger partial charge in [-0.25, -0.2) is 0 Å². The van der Waals surface area contributed by atoms with Crippen LogP contribution < -0.4 is 10.6 Å². The van der Waals surface area contributed by atoms with Gasteiger partial charge in [-0.15, -0.1) is 0 Å². The van der Waals surface area contributed by atoms with E-state index in [9.17, 15) is 4.79 Å². The molecule has 2 N–H and O–H groups in total. The molecule has 0 bridgehead atoms. The van der Waals surface area contributed by atoms with E-state index in [-0.39, 0.29) is 11.8 Å². The third-order valence-corrected chi connectivity index (χ3v) is 5.17. The van der Waals surface area contributed by atoms with Crippen LogP contribution in [0.3, 0.4) is 0 Å². The first-order valence-electron chi connectivity index (χ1n) is 8.24. The first kappa shape index (κ1) is 14.6. The lowest BCUT2D eigenvalue weighted by molar-refractivity contribution is -0.124. The van der Waals surface area contributed by atoms with Gasteiger partial charge in [0.15, 0.2) is 0 Å². The molecule has 1 aliphatic carbocycles. The van der Waals surface area contributed by atoms with Gasteiger partial charge in [0.05, 0.1) is 5.92 Å². The highest BCUT2D eigenvalue weighted by Gasteiger charge is 2.31. The number of amides is 1. The molecule has 0 saturated heterocycles. The Morgan fingerprint density at radius 2 is 2.05 bits per heavy atom. The van der Waals surface area contributed by atoms with Crippen LogP contribution in [0.15, 0.2) is 24.3 Å². The third kappa shape index (κ3) is 3.13. The van der Waals surface area contributed by atoms with E-state index in [0.29, 0.717) is 12.0 Å². The van der Waals surface area contributed by atoms with E-state index in [1.807, 2.05) is 12.1 Å². The molecule has 3 heteroatoms. The summed E-state index contributed by atoms with van der Waals surface area (Å²) in [6, 6.07) is 8.66. The van der Waals surface area contributed by atoms with Gasteiger partial charge in [0.25, 0.3) is 0 Å². The monoisotopic (exact) mass is 286 g/mol. The molecule has 21 heavy (non-hydrogen) atoms. The van der Waals surface area contributed by atoms with Gasteiger partial charge in [0.1, 0.15) is 0 Å². The molecule has 4 unspecified atom stereocenters. The third-order valence-electron chi connectivity index (χ3n) is 5.17. The molecule has 114 valence electrons. The van der Waals surface area contributed by atoms with Crippen LogP contribution in [0.4, 0.5) is 0 Å². The predicted molar refractivity (Wildman–Crippen MR) is 85.0 cm³/mol. The van der Waals surface area contributed by atoms with Crippen LogP contribution in [0.1, 0.15) is 50.2 Å². The Labute approximate surface area is 127 Å². The van der Waals surface area contributed by atoms with E-state index in [4.69, 9.17) is 0 Å². The van der Waals surface area contributed by atoms with E-state index in [1.165, 1.54) is 24.0 Å². The second-order valence-electron chi connectivity index (χ2n) is 6.89. The molecule has 0 radical (unpaired) electrons. The van der Waals surface area contributed by atoms with Crippen molar-refractivity contribution in [2.75, 3.05) is 6.54 Å². The first-order chi connectivity index (χ1) is 10.1. The van der Waals surface area contributed by atoms with Crippen molar-refractivity contribution < 1.29 is 4.79 Å². The molecule has 1 aliphatic heterocycles. The topological polar surface area (TPSA) is 41.1 Å². The Hall–Kier alpha value is -1.35. The maximum atomic E-state index is 12.7. The average molecular weight is 286 g/mol. The van der Waals surface area contributed by atoms with E-state index in [1.54, 1.807) is 0 Å². The number of benzene rings is 1. The first-order valence-corrected chi connectivity index (χ1v) is 8.24. The molecule has 1 aromatic carbocycles. The summed E-state index contributed by atoms with van der Waals surface area (Å²) in [5.41, 5.74) is 2.46. The maximum Gasteiger partial charge on any atom is 0.229 e. The molecule has 0 aromatic heterocycles. The molecule has 1 amide bonds. The Morgan fingerprint density at radius 1 is 1.24 bits per heavy atom. The lowest BCUT2D eigenvalue weighted by Gasteiger charge is -2.35. The van der Waals surface area contributed by atoms with Crippen LogP contribution in [-0.4, -0.2) is 18.5 Å². The van der Waals surface area contributed by atoms with Crippen molar-refractivity contribution in [3.8, 4) is 0 Å². The van der Waals surface area contributed by atoms with E-state index in [2.05, 4.69) is 36.6 Å². The fraction of sp³-hybridized carbons (Fsp3) is 0.611. The molecule has 1 aromatic rings. The summed E-state index contributed by atoms with van der Waals surface area (Å²) >= 11 is 0. The highest BCUT2D eigenvalue weighted by Crippen LogP contribution is 2.30. The number of fused-ring (bicyclic) bond motifs is 1. The van der Waals surface area contributed by atoms with Gasteiger partial charge in [0, 0.05) is 19.1 Å². The Bertz CT molecular complexity index is 514. The smallest absolute Gasteiger partial charge is 0.229 e. The molecule has 1 saturated carbocycles. The van der Waals surface area contributed by atoms with Crippen molar-refractivity contribution in [2.45, 2.75) is 51.6 Å². The molecule has 1 fully saturated rings. The largest absolute Gasteiger partial charge is 0.353 e. The Kier molecular flexibility index (Phi) is 4.29. The van der Waals surface area contributed by atoms with Gasteiger partial charge in [-0.1, -0.05) is 38.1 Å². The summed E-state index contributed by atoms with van der Waals surface area (Å²) in [5, 5.41) is 6.69. The quantitative estimate of drug-likeness (QED) is 0.878. The number of hydrogen-bond donors (Lipinski definition) is 2. The molecule has 2 aliphatic rings. The minimum Gasteiger partial charge on any atom is -0.353 e. The minimum absolute atomic E-state index is 0.0403. The van der Waals surface area contributed by atoms with Crippen molar-refractivity contribution in [1.82, 2.24) is 10.6 Å². The normalized spacial score (nSPS) is 32.3. The summed E-state index contributed by atoms with van der Waals surface area (Å²) in [7, 11) is 0. The summed E-state index contributed by atoms with van der Waals surface area (Å²) in [6.07, 6.45) is 3.58. The van der Waals surface area contributed by atoms with Crippen LogP contribution in [0.5, 0.6) is 0 Å². The number of carbonyl (C=O) groups excluding carboxylic acids is 1. The minimum atomic E-state index is -0.0403. The molecular formula is C18H26N2O. The lowest BCUT2D eigenvalue weighted by atomic mass is 9.79.